The van der Waals surface area contributed by atoms with E-state index >= 15 is 0 Å². The monoisotopic (exact) mass is 464 g/mol. The second kappa shape index (κ2) is 12.7. The van der Waals surface area contributed by atoms with Crippen molar-refractivity contribution in [1.29, 1.82) is 0 Å². The zero-order valence-corrected chi connectivity index (χ0v) is 19.9. The molecule has 0 radical (unpaired) electrons. The lowest BCUT2D eigenvalue weighted by Crippen LogP contribution is -2.31. The molecule has 0 aliphatic carbocycles. The number of ether oxygens (including phenoxy) is 2. The molecule has 0 saturated carbocycles. The lowest BCUT2D eigenvalue weighted by molar-refractivity contribution is -0.123. The Balaban J connectivity index is 1.04. The zero-order chi connectivity index (χ0) is 23.6. The Kier molecular flexibility index (Phi) is 9.11. The highest BCUT2D eigenvalue weighted by Gasteiger charge is 2.21. The average molecular weight is 465 g/mol. The fourth-order valence-electron chi connectivity index (χ4n) is 4.81. The third kappa shape index (κ3) is 6.90. The van der Waals surface area contributed by atoms with Crippen LogP contribution in [0.2, 0.25) is 0 Å². The summed E-state index contributed by atoms with van der Waals surface area (Å²) in [6.45, 7) is 2.44. The van der Waals surface area contributed by atoms with Crippen molar-refractivity contribution in [2.75, 3.05) is 26.3 Å². The van der Waals surface area contributed by atoms with Crippen molar-refractivity contribution in [1.82, 2.24) is 10.6 Å². The van der Waals surface area contributed by atoms with Gasteiger partial charge >= 0.3 is 0 Å². The van der Waals surface area contributed by atoms with E-state index in [1.165, 1.54) is 22.3 Å². The molecule has 6 heteroatoms. The summed E-state index contributed by atoms with van der Waals surface area (Å²) in [5, 5.41) is 6.03. The second-order valence-corrected chi connectivity index (χ2v) is 9.14. The van der Waals surface area contributed by atoms with E-state index < -0.39 is 0 Å². The van der Waals surface area contributed by atoms with Crippen LogP contribution in [0.3, 0.4) is 0 Å². The van der Waals surface area contributed by atoms with E-state index in [1.807, 2.05) is 24.3 Å². The van der Waals surface area contributed by atoms with Crippen LogP contribution in [-0.2, 0) is 31.9 Å². The van der Waals surface area contributed by atoms with Crippen molar-refractivity contribution in [3.05, 3.63) is 70.8 Å². The Morgan fingerprint density at radius 1 is 0.676 bits per heavy atom. The molecular weight excluding hydrogens is 428 g/mol. The molecule has 0 aromatic heterocycles. The number of carbonyl (C=O) groups is 2. The molecule has 2 N–H and O–H groups in total. The number of hydrogen-bond acceptors (Lipinski definition) is 4. The number of hydrogen-bond donors (Lipinski definition) is 2. The van der Waals surface area contributed by atoms with Crippen LogP contribution in [0.4, 0.5) is 0 Å². The molecule has 0 spiro atoms. The maximum atomic E-state index is 12.2. The van der Waals surface area contributed by atoms with Gasteiger partial charge in [-0.15, -0.1) is 0 Å². The summed E-state index contributed by atoms with van der Waals surface area (Å²) >= 11 is 0. The van der Waals surface area contributed by atoms with Gasteiger partial charge in [0.15, 0.2) is 0 Å². The van der Waals surface area contributed by atoms with Gasteiger partial charge in [0, 0.05) is 25.9 Å². The van der Waals surface area contributed by atoms with Crippen molar-refractivity contribution in [2.45, 2.75) is 63.6 Å². The molecule has 2 amide bonds. The van der Waals surface area contributed by atoms with Gasteiger partial charge in [0.2, 0.25) is 11.8 Å². The molecule has 2 aromatic rings. The minimum absolute atomic E-state index is 0.0556. The zero-order valence-electron chi connectivity index (χ0n) is 19.9. The van der Waals surface area contributed by atoms with Gasteiger partial charge in [-0.25, -0.2) is 0 Å². The second-order valence-electron chi connectivity index (χ2n) is 9.14. The van der Waals surface area contributed by atoms with E-state index in [9.17, 15) is 9.59 Å². The molecule has 2 aliphatic rings. The van der Waals surface area contributed by atoms with Gasteiger partial charge in [0.25, 0.3) is 0 Å². The van der Waals surface area contributed by atoms with Crippen LogP contribution in [0.5, 0.6) is 0 Å². The molecule has 2 atom stereocenters. The van der Waals surface area contributed by atoms with Gasteiger partial charge in [-0.2, -0.15) is 0 Å². The third-order valence-corrected chi connectivity index (χ3v) is 6.71. The van der Waals surface area contributed by atoms with Crippen molar-refractivity contribution < 1.29 is 19.1 Å². The van der Waals surface area contributed by atoms with Crippen LogP contribution in [0.1, 0.15) is 73.0 Å². The highest BCUT2D eigenvalue weighted by molar-refractivity contribution is 5.76. The topological polar surface area (TPSA) is 76.7 Å². The Morgan fingerprint density at radius 2 is 1.12 bits per heavy atom. The largest absolute Gasteiger partial charge is 0.371 e. The van der Waals surface area contributed by atoms with Crippen molar-refractivity contribution in [2.24, 2.45) is 0 Å². The first-order chi connectivity index (χ1) is 16.7. The summed E-state index contributed by atoms with van der Waals surface area (Å²) in [6.07, 6.45) is 6.34. The Labute approximate surface area is 202 Å². The first-order valence-corrected chi connectivity index (χ1v) is 12.6. The first kappa shape index (κ1) is 24.4. The standard InChI is InChI=1S/C28H36N2O4/c31-27(29-19-25-23-11-7-5-9-21(23)15-17-33-25)13-3-1-2-4-14-28(32)30-20-26-24-12-8-6-10-22(24)16-18-34-26/h5-12,25-26H,1-4,13-20H2,(H,29,31)(H,30,32)/t25-,26-/m0/s1. The van der Waals surface area contributed by atoms with E-state index in [0.29, 0.717) is 39.1 Å². The van der Waals surface area contributed by atoms with Gasteiger partial charge < -0.3 is 20.1 Å². The smallest absolute Gasteiger partial charge is 0.220 e. The minimum Gasteiger partial charge on any atom is -0.371 e. The molecule has 2 aromatic carbocycles. The van der Waals surface area contributed by atoms with Crippen LogP contribution >= 0.6 is 0 Å². The molecule has 0 unspecified atom stereocenters. The van der Waals surface area contributed by atoms with E-state index in [2.05, 4.69) is 34.9 Å². The van der Waals surface area contributed by atoms with E-state index in [0.717, 1.165) is 38.5 Å². The predicted octanol–water partition coefficient (Wildman–Crippen LogP) is 4.19. The fourth-order valence-corrected chi connectivity index (χ4v) is 4.81. The first-order valence-electron chi connectivity index (χ1n) is 12.6. The minimum atomic E-state index is -0.0556. The maximum Gasteiger partial charge on any atom is 0.220 e. The predicted molar refractivity (Wildman–Crippen MR) is 131 cm³/mol. The molecule has 0 fully saturated rings. The van der Waals surface area contributed by atoms with Crippen LogP contribution < -0.4 is 10.6 Å². The van der Waals surface area contributed by atoms with Crippen LogP contribution in [0.15, 0.2) is 48.5 Å². The van der Waals surface area contributed by atoms with E-state index in [-0.39, 0.29) is 24.0 Å². The molecule has 4 rings (SSSR count). The Morgan fingerprint density at radius 3 is 1.59 bits per heavy atom. The number of rotatable bonds is 11. The highest BCUT2D eigenvalue weighted by atomic mass is 16.5. The van der Waals surface area contributed by atoms with Crippen LogP contribution in [0.25, 0.3) is 0 Å². The maximum absolute atomic E-state index is 12.2. The number of benzene rings is 2. The molecule has 182 valence electrons. The molecule has 34 heavy (non-hydrogen) atoms. The van der Waals surface area contributed by atoms with E-state index in [4.69, 9.17) is 9.47 Å². The summed E-state index contributed by atoms with van der Waals surface area (Å²) in [6, 6.07) is 16.6. The van der Waals surface area contributed by atoms with E-state index in [1.54, 1.807) is 0 Å². The normalized spacial score (nSPS) is 19.1. The summed E-state index contributed by atoms with van der Waals surface area (Å²) in [4.78, 5) is 24.4. The highest BCUT2D eigenvalue weighted by Crippen LogP contribution is 2.27. The van der Waals surface area contributed by atoms with Crippen molar-refractivity contribution in [3.63, 3.8) is 0 Å². The molecule has 2 heterocycles. The van der Waals surface area contributed by atoms with Crippen LogP contribution in [0, 0.1) is 0 Å². The van der Waals surface area contributed by atoms with Gasteiger partial charge in [0.05, 0.1) is 13.2 Å². The SMILES string of the molecule is O=C(CCCCCCC(=O)NC[C@@H]1OCCc2ccccc21)NC[C@@H]1OCCc2ccccc21. The fraction of sp³-hybridized carbons (Fsp3) is 0.500. The van der Waals surface area contributed by atoms with Crippen LogP contribution in [-0.4, -0.2) is 38.1 Å². The van der Waals surface area contributed by atoms with Gasteiger partial charge in [-0.1, -0.05) is 61.4 Å². The van der Waals surface area contributed by atoms with Gasteiger partial charge in [0.1, 0.15) is 12.2 Å². The number of amides is 2. The summed E-state index contributed by atoms with van der Waals surface area (Å²) in [5.74, 6) is 0.134. The number of unbranched alkanes of at least 4 members (excludes halogenated alkanes) is 3. The summed E-state index contributed by atoms with van der Waals surface area (Å²) in [7, 11) is 0. The molecule has 0 saturated heterocycles. The molecular formula is C28H36N2O4. The summed E-state index contributed by atoms with van der Waals surface area (Å²) < 4.78 is 11.7. The molecule has 6 nitrogen and oxygen atoms in total. The average Bonchev–Trinajstić information content (AvgIpc) is 2.88. The van der Waals surface area contributed by atoms with Gasteiger partial charge in [-0.05, 0) is 47.9 Å². The lowest BCUT2D eigenvalue weighted by atomic mass is 9.97. The lowest BCUT2D eigenvalue weighted by Gasteiger charge is -2.26. The van der Waals surface area contributed by atoms with Crippen molar-refractivity contribution in [3.8, 4) is 0 Å². The third-order valence-electron chi connectivity index (χ3n) is 6.71. The number of fused-ring (bicyclic) bond motifs is 2. The quantitative estimate of drug-likeness (QED) is 0.489. The summed E-state index contributed by atoms with van der Waals surface area (Å²) in [5.41, 5.74) is 5.00. The van der Waals surface area contributed by atoms with Gasteiger partial charge in [-0.3, -0.25) is 9.59 Å². The molecule has 2 aliphatic heterocycles. The van der Waals surface area contributed by atoms with Crippen molar-refractivity contribution >= 4 is 11.8 Å². The Bertz CT molecular complexity index is 883. The number of carbonyl (C=O) groups excluding carboxylic acids is 2. The molecule has 0 bridgehead atoms. The Hall–Kier alpha value is -2.70. The number of nitrogens with one attached hydrogen (secondary N) is 2.